The van der Waals surface area contributed by atoms with E-state index >= 15 is 0 Å². The van der Waals surface area contributed by atoms with Crippen LogP contribution in [0.2, 0.25) is 0 Å². The maximum absolute atomic E-state index is 11.9. The van der Waals surface area contributed by atoms with Crippen molar-refractivity contribution in [1.82, 2.24) is 30.3 Å². The van der Waals surface area contributed by atoms with Gasteiger partial charge in [-0.05, 0) is 19.8 Å². The molecule has 3 rings (SSSR count). The molecular weight excluding hydrogens is 334 g/mol. The summed E-state index contributed by atoms with van der Waals surface area (Å²) in [6.45, 7) is 5.19. The number of hydrogen-bond donors (Lipinski definition) is 2. The average Bonchev–Trinajstić information content (AvgIpc) is 3.24. The number of nitrogens with one attached hydrogen (secondary N) is 2. The van der Waals surface area contributed by atoms with Crippen LogP contribution < -0.4 is 10.6 Å². The molecule has 1 saturated heterocycles. The Kier molecular flexibility index (Phi) is 6.08. The van der Waals surface area contributed by atoms with E-state index in [1.165, 1.54) is 0 Å². The molecule has 1 aromatic rings. The largest absolute Gasteiger partial charge is 0.381 e. The number of rotatable bonds is 5. The van der Waals surface area contributed by atoms with Gasteiger partial charge >= 0.3 is 0 Å². The molecule has 0 aromatic carbocycles. The summed E-state index contributed by atoms with van der Waals surface area (Å²) in [6, 6.07) is 0.212. The standard InChI is InChI=1S/C17H29N7O2/c1-12-20-15-5-4-14(10-24(15)22-12)21-17(19-9-16(25)23(2)3)18-8-13-6-7-26-11-13/h13-14H,4-11H2,1-3H3,(H2,18,19,21). The maximum Gasteiger partial charge on any atom is 0.243 e. The van der Waals surface area contributed by atoms with Gasteiger partial charge in [-0.15, -0.1) is 0 Å². The normalized spacial score (nSPS) is 22.8. The van der Waals surface area contributed by atoms with Crippen LogP contribution in [0.25, 0.3) is 0 Å². The number of aromatic nitrogens is 3. The number of carbonyl (C=O) groups excluding carboxylic acids is 1. The average molecular weight is 363 g/mol. The van der Waals surface area contributed by atoms with Crippen LogP contribution in [-0.2, 0) is 22.5 Å². The first-order valence-corrected chi connectivity index (χ1v) is 9.24. The number of aliphatic imine (C=N–C) groups is 1. The number of fused-ring (bicyclic) bond motifs is 1. The molecule has 1 aromatic heterocycles. The van der Waals surface area contributed by atoms with Gasteiger partial charge in [0.25, 0.3) is 0 Å². The fraction of sp³-hybridized carbons (Fsp3) is 0.765. The second-order valence-corrected chi connectivity index (χ2v) is 7.20. The van der Waals surface area contributed by atoms with Crippen LogP contribution in [0.15, 0.2) is 4.99 Å². The molecule has 3 heterocycles. The summed E-state index contributed by atoms with van der Waals surface area (Å²) >= 11 is 0. The smallest absolute Gasteiger partial charge is 0.243 e. The van der Waals surface area contributed by atoms with E-state index < -0.39 is 0 Å². The number of ether oxygens (including phenoxy) is 1. The molecule has 1 amide bonds. The molecule has 0 aliphatic carbocycles. The van der Waals surface area contributed by atoms with Gasteiger partial charge in [0.2, 0.25) is 5.91 Å². The maximum atomic E-state index is 11.9. The highest BCUT2D eigenvalue weighted by Crippen LogP contribution is 2.13. The van der Waals surface area contributed by atoms with Crippen molar-refractivity contribution < 1.29 is 9.53 Å². The quantitative estimate of drug-likeness (QED) is 0.544. The van der Waals surface area contributed by atoms with Gasteiger partial charge in [0.05, 0.1) is 13.2 Å². The number of likely N-dealkylation sites (N-methyl/N-ethyl adjacent to an activating group) is 1. The minimum absolute atomic E-state index is 0.0202. The van der Waals surface area contributed by atoms with Crippen molar-refractivity contribution in [3.8, 4) is 0 Å². The van der Waals surface area contributed by atoms with Crippen LogP contribution in [0.5, 0.6) is 0 Å². The molecule has 26 heavy (non-hydrogen) atoms. The molecule has 0 spiro atoms. The van der Waals surface area contributed by atoms with Crippen LogP contribution >= 0.6 is 0 Å². The Morgan fingerprint density at radius 1 is 1.42 bits per heavy atom. The number of amides is 1. The van der Waals surface area contributed by atoms with E-state index in [0.29, 0.717) is 11.9 Å². The van der Waals surface area contributed by atoms with Crippen molar-refractivity contribution in [2.24, 2.45) is 10.9 Å². The molecule has 2 aliphatic rings. The van der Waals surface area contributed by atoms with Crippen LogP contribution in [0.4, 0.5) is 0 Å². The Morgan fingerprint density at radius 2 is 2.27 bits per heavy atom. The second kappa shape index (κ2) is 8.48. The van der Waals surface area contributed by atoms with Gasteiger partial charge in [-0.2, -0.15) is 5.10 Å². The number of hydrogen-bond acceptors (Lipinski definition) is 5. The van der Waals surface area contributed by atoms with E-state index in [1.807, 2.05) is 11.6 Å². The molecule has 9 heteroatoms. The predicted molar refractivity (Wildman–Crippen MR) is 97.9 cm³/mol. The number of nitrogens with zero attached hydrogens (tertiary/aromatic N) is 5. The number of carbonyl (C=O) groups is 1. The Hall–Kier alpha value is -2.16. The summed E-state index contributed by atoms with van der Waals surface area (Å²) in [5.74, 6) is 3.00. The minimum atomic E-state index is -0.0202. The molecule has 2 unspecified atom stereocenters. The zero-order valence-corrected chi connectivity index (χ0v) is 15.9. The first-order chi connectivity index (χ1) is 12.5. The van der Waals surface area contributed by atoms with Gasteiger partial charge in [-0.1, -0.05) is 0 Å². The van der Waals surface area contributed by atoms with E-state index in [4.69, 9.17) is 4.74 Å². The monoisotopic (exact) mass is 363 g/mol. The number of aryl methyl sites for hydroxylation is 2. The topological polar surface area (TPSA) is 96.7 Å². The summed E-state index contributed by atoms with van der Waals surface area (Å²) in [7, 11) is 3.48. The summed E-state index contributed by atoms with van der Waals surface area (Å²) < 4.78 is 7.39. The lowest BCUT2D eigenvalue weighted by atomic mass is 10.1. The molecule has 9 nitrogen and oxygen atoms in total. The summed E-state index contributed by atoms with van der Waals surface area (Å²) in [6.07, 6.45) is 2.91. The zero-order chi connectivity index (χ0) is 18.5. The summed E-state index contributed by atoms with van der Waals surface area (Å²) in [5.41, 5.74) is 0. The molecule has 2 N–H and O–H groups in total. The molecule has 0 saturated carbocycles. The van der Waals surface area contributed by atoms with Crippen molar-refractivity contribution >= 4 is 11.9 Å². The van der Waals surface area contributed by atoms with Crippen molar-refractivity contribution in [1.29, 1.82) is 0 Å². The molecule has 1 fully saturated rings. The lowest BCUT2D eigenvalue weighted by molar-refractivity contribution is -0.127. The highest BCUT2D eigenvalue weighted by Gasteiger charge is 2.22. The first-order valence-electron chi connectivity index (χ1n) is 9.24. The van der Waals surface area contributed by atoms with Gasteiger partial charge in [0, 0.05) is 45.6 Å². The van der Waals surface area contributed by atoms with E-state index in [9.17, 15) is 4.79 Å². The SMILES string of the molecule is Cc1nc2n(n1)CC(NC(=NCC(=O)N(C)C)NCC1CCOC1)CC2. The zero-order valence-electron chi connectivity index (χ0n) is 15.9. The van der Waals surface area contributed by atoms with Gasteiger partial charge in [-0.3, -0.25) is 4.79 Å². The lowest BCUT2D eigenvalue weighted by Gasteiger charge is -2.26. The van der Waals surface area contributed by atoms with E-state index in [1.54, 1.807) is 19.0 Å². The fourth-order valence-corrected chi connectivity index (χ4v) is 3.17. The first kappa shape index (κ1) is 18.6. The van der Waals surface area contributed by atoms with Gasteiger partial charge in [-0.25, -0.2) is 14.7 Å². The third-order valence-corrected chi connectivity index (χ3v) is 4.76. The minimum Gasteiger partial charge on any atom is -0.381 e. The Bertz CT molecular complexity index is 650. The van der Waals surface area contributed by atoms with Crippen LogP contribution in [0.1, 0.15) is 24.5 Å². The molecule has 2 aliphatic heterocycles. The summed E-state index contributed by atoms with van der Waals surface area (Å²) in [4.78, 5) is 22.4. The highest BCUT2D eigenvalue weighted by molar-refractivity contribution is 5.84. The molecule has 0 bridgehead atoms. The molecule has 144 valence electrons. The third kappa shape index (κ3) is 4.94. The molecule has 0 radical (unpaired) electrons. The van der Waals surface area contributed by atoms with E-state index in [2.05, 4.69) is 25.7 Å². The summed E-state index contributed by atoms with van der Waals surface area (Å²) in [5, 5.41) is 11.3. The van der Waals surface area contributed by atoms with Crippen LogP contribution in [0, 0.1) is 12.8 Å². The van der Waals surface area contributed by atoms with E-state index in [0.717, 1.165) is 57.2 Å². The Labute approximate surface area is 154 Å². The fourth-order valence-electron chi connectivity index (χ4n) is 3.17. The predicted octanol–water partition coefficient (Wildman–Crippen LogP) is -0.439. The molecule has 2 atom stereocenters. The van der Waals surface area contributed by atoms with Gasteiger partial charge < -0.3 is 20.3 Å². The van der Waals surface area contributed by atoms with Gasteiger partial charge in [0.1, 0.15) is 18.2 Å². The third-order valence-electron chi connectivity index (χ3n) is 4.76. The Balaban J connectivity index is 1.60. The van der Waals surface area contributed by atoms with Crippen LogP contribution in [0.3, 0.4) is 0 Å². The lowest BCUT2D eigenvalue weighted by Crippen LogP contribution is -2.48. The van der Waals surface area contributed by atoms with Gasteiger partial charge in [0.15, 0.2) is 5.96 Å². The van der Waals surface area contributed by atoms with Crippen LogP contribution in [-0.4, -0.2) is 78.0 Å². The second-order valence-electron chi connectivity index (χ2n) is 7.20. The molecular formula is C17H29N7O2. The van der Waals surface area contributed by atoms with Crippen molar-refractivity contribution in [3.05, 3.63) is 11.6 Å². The van der Waals surface area contributed by atoms with Crippen molar-refractivity contribution in [3.63, 3.8) is 0 Å². The van der Waals surface area contributed by atoms with Crippen molar-refractivity contribution in [2.75, 3.05) is 40.4 Å². The number of guanidine groups is 1. The highest BCUT2D eigenvalue weighted by atomic mass is 16.5. The van der Waals surface area contributed by atoms with E-state index in [-0.39, 0.29) is 18.5 Å². The van der Waals surface area contributed by atoms with Crippen molar-refractivity contribution in [2.45, 2.75) is 38.8 Å². The Morgan fingerprint density at radius 3 is 3.00 bits per heavy atom.